The van der Waals surface area contributed by atoms with Gasteiger partial charge in [0.15, 0.2) is 0 Å². The molecule has 0 heterocycles. The van der Waals surface area contributed by atoms with Crippen LogP contribution in [0.1, 0.15) is 53.4 Å². The fourth-order valence-corrected chi connectivity index (χ4v) is 4.00. The van der Waals surface area contributed by atoms with Gasteiger partial charge in [-0.25, -0.2) is 0 Å². The Bertz CT molecular complexity index is 344. The molecule has 0 amide bonds. The van der Waals surface area contributed by atoms with E-state index in [1.807, 2.05) is 0 Å². The van der Waals surface area contributed by atoms with Crippen molar-refractivity contribution in [2.75, 3.05) is 0 Å². The van der Waals surface area contributed by atoms with Crippen molar-refractivity contribution in [1.82, 2.24) is 0 Å². The molecule has 3 fully saturated rings. The monoisotopic (exact) mass is 256 g/mol. The summed E-state index contributed by atoms with van der Waals surface area (Å²) < 4.78 is 0. The molecule has 0 radical (unpaired) electrons. The van der Waals surface area contributed by atoms with Crippen molar-refractivity contribution in [3.8, 4) is 0 Å². The van der Waals surface area contributed by atoms with Gasteiger partial charge >= 0.3 is 5.97 Å². The molecule has 3 aliphatic rings. The normalized spacial score (nSPS) is 35.8. The standard InChI is InChI=1S/C12H20O2.C2H4O2/c1-8-4-5-9-6-12(8,7-10(13)14)11(9,2)3;1-2(3)4/h8-9H,4-7H2,1-3H3,(H,13,14);1H3,(H,3,4). The minimum atomic E-state index is -0.833. The fraction of sp³-hybridized carbons (Fsp3) is 0.857. The van der Waals surface area contributed by atoms with Gasteiger partial charge in [-0.15, -0.1) is 0 Å². The summed E-state index contributed by atoms with van der Waals surface area (Å²) >= 11 is 0. The van der Waals surface area contributed by atoms with Gasteiger partial charge in [0, 0.05) is 6.92 Å². The molecule has 0 aliphatic heterocycles. The van der Waals surface area contributed by atoms with E-state index in [1.54, 1.807) is 0 Å². The van der Waals surface area contributed by atoms with Crippen LogP contribution < -0.4 is 0 Å². The van der Waals surface area contributed by atoms with E-state index < -0.39 is 11.9 Å². The van der Waals surface area contributed by atoms with Crippen LogP contribution in [0.15, 0.2) is 0 Å². The minimum absolute atomic E-state index is 0.0990. The topological polar surface area (TPSA) is 74.6 Å². The zero-order chi connectivity index (χ0) is 14.1. The van der Waals surface area contributed by atoms with Crippen LogP contribution in [0.2, 0.25) is 0 Å². The average molecular weight is 256 g/mol. The van der Waals surface area contributed by atoms with Gasteiger partial charge < -0.3 is 10.2 Å². The molecule has 0 aromatic rings. The van der Waals surface area contributed by atoms with Crippen LogP contribution in [0.4, 0.5) is 0 Å². The summed E-state index contributed by atoms with van der Waals surface area (Å²) in [6.45, 7) is 7.85. The second kappa shape index (κ2) is 4.90. The summed E-state index contributed by atoms with van der Waals surface area (Å²) in [6, 6.07) is 0. The quantitative estimate of drug-likeness (QED) is 0.796. The van der Waals surface area contributed by atoms with Crippen LogP contribution in [-0.4, -0.2) is 22.2 Å². The highest BCUT2D eigenvalue weighted by molar-refractivity contribution is 5.68. The Morgan fingerprint density at radius 1 is 1.22 bits per heavy atom. The van der Waals surface area contributed by atoms with E-state index in [-0.39, 0.29) is 10.8 Å². The average Bonchev–Trinajstić information content (AvgIpc) is 2.18. The maximum Gasteiger partial charge on any atom is 0.303 e. The van der Waals surface area contributed by atoms with Gasteiger partial charge in [-0.05, 0) is 41.9 Å². The van der Waals surface area contributed by atoms with Crippen molar-refractivity contribution in [3.05, 3.63) is 0 Å². The first-order valence-electron chi connectivity index (χ1n) is 6.55. The number of carboxylic acid groups (broad SMARTS) is 2. The van der Waals surface area contributed by atoms with Crippen molar-refractivity contribution in [3.63, 3.8) is 0 Å². The molecule has 2 N–H and O–H groups in total. The van der Waals surface area contributed by atoms with Crippen molar-refractivity contribution < 1.29 is 19.8 Å². The molecule has 3 saturated carbocycles. The molecule has 18 heavy (non-hydrogen) atoms. The molecule has 3 unspecified atom stereocenters. The maximum atomic E-state index is 10.9. The van der Waals surface area contributed by atoms with Crippen LogP contribution in [0, 0.1) is 22.7 Å². The SMILES string of the molecule is CC(=O)O.CC1CCC2CC1(CC(=O)O)C2(C)C. The van der Waals surface area contributed by atoms with Gasteiger partial charge in [-0.2, -0.15) is 0 Å². The highest BCUT2D eigenvalue weighted by atomic mass is 16.4. The Kier molecular flexibility index (Phi) is 4.08. The van der Waals surface area contributed by atoms with Crippen molar-refractivity contribution >= 4 is 11.9 Å². The van der Waals surface area contributed by atoms with Crippen molar-refractivity contribution in [2.24, 2.45) is 22.7 Å². The molecule has 4 heteroatoms. The van der Waals surface area contributed by atoms with E-state index in [0.717, 1.165) is 19.3 Å². The highest BCUT2D eigenvalue weighted by Gasteiger charge is 2.64. The van der Waals surface area contributed by atoms with E-state index in [2.05, 4.69) is 20.8 Å². The molecule has 2 bridgehead atoms. The molecular weight excluding hydrogens is 232 g/mol. The van der Waals surface area contributed by atoms with Crippen LogP contribution in [0.3, 0.4) is 0 Å². The first kappa shape index (κ1) is 15.0. The van der Waals surface area contributed by atoms with E-state index in [1.165, 1.54) is 12.8 Å². The van der Waals surface area contributed by atoms with Crippen LogP contribution in [0.25, 0.3) is 0 Å². The largest absolute Gasteiger partial charge is 0.481 e. The van der Waals surface area contributed by atoms with E-state index in [4.69, 9.17) is 15.0 Å². The van der Waals surface area contributed by atoms with Gasteiger partial charge in [0.05, 0.1) is 6.42 Å². The van der Waals surface area contributed by atoms with E-state index in [9.17, 15) is 4.79 Å². The fourth-order valence-electron chi connectivity index (χ4n) is 4.00. The van der Waals surface area contributed by atoms with Crippen molar-refractivity contribution in [2.45, 2.75) is 53.4 Å². The summed E-state index contributed by atoms with van der Waals surface area (Å²) in [5.74, 6) is -0.0954. The van der Waals surface area contributed by atoms with Gasteiger partial charge in [-0.3, -0.25) is 9.59 Å². The smallest absolute Gasteiger partial charge is 0.303 e. The maximum absolute atomic E-state index is 10.9. The molecule has 3 rings (SSSR count). The Hall–Kier alpha value is -1.06. The molecular formula is C14H24O4. The lowest BCUT2D eigenvalue weighted by Crippen LogP contribution is -2.62. The Morgan fingerprint density at radius 3 is 2.06 bits per heavy atom. The lowest BCUT2D eigenvalue weighted by atomic mass is 9.36. The molecule has 0 aromatic carbocycles. The molecule has 0 saturated heterocycles. The lowest BCUT2D eigenvalue weighted by Gasteiger charge is -2.68. The number of carboxylic acids is 2. The highest BCUT2D eigenvalue weighted by Crippen LogP contribution is 2.71. The van der Waals surface area contributed by atoms with E-state index >= 15 is 0 Å². The molecule has 3 atom stereocenters. The Morgan fingerprint density at radius 2 is 1.72 bits per heavy atom. The third-order valence-corrected chi connectivity index (χ3v) is 5.27. The predicted molar refractivity (Wildman–Crippen MR) is 68.3 cm³/mol. The molecule has 3 aliphatic carbocycles. The second-order valence-electron chi connectivity index (χ2n) is 6.35. The molecule has 4 nitrogen and oxygen atoms in total. The first-order chi connectivity index (χ1) is 8.13. The summed E-state index contributed by atoms with van der Waals surface area (Å²) in [5.41, 5.74) is 0.352. The van der Waals surface area contributed by atoms with Gasteiger partial charge in [0.2, 0.25) is 0 Å². The zero-order valence-electron chi connectivity index (χ0n) is 11.7. The summed E-state index contributed by atoms with van der Waals surface area (Å²) in [6.07, 6.45) is 4.04. The summed E-state index contributed by atoms with van der Waals surface area (Å²) in [4.78, 5) is 19.9. The molecule has 0 spiro atoms. The zero-order valence-corrected chi connectivity index (χ0v) is 11.7. The number of hydrogen-bond donors (Lipinski definition) is 2. The predicted octanol–water partition coefficient (Wildman–Crippen LogP) is 3.01. The van der Waals surface area contributed by atoms with Gasteiger partial charge in [0.1, 0.15) is 0 Å². The van der Waals surface area contributed by atoms with Crippen LogP contribution in [-0.2, 0) is 9.59 Å². The van der Waals surface area contributed by atoms with Crippen LogP contribution >= 0.6 is 0 Å². The lowest BCUT2D eigenvalue weighted by molar-refractivity contribution is -0.205. The molecule has 0 aromatic heterocycles. The van der Waals surface area contributed by atoms with E-state index in [0.29, 0.717) is 12.3 Å². The third-order valence-electron chi connectivity index (χ3n) is 5.27. The molecule has 104 valence electrons. The summed E-state index contributed by atoms with van der Waals surface area (Å²) in [7, 11) is 0. The van der Waals surface area contributed by atoms with Gasteiger partial charge in [0.25, 0.3) is 5.97 Å². The Labute approximate surface area is 108 Å². The number of aliphatic carboxylic acids is 2. The number of rotatable bonds is 2. The number of hydrogen-bond acceptors (Lipinski definition) is 2. The number of carbonyl (C=O) groups is 2. The van der Waals surface area contributed by atoms with Gasteiger partial charge in [-0.1, -0.05) is 20.8 Å². The van der Waals surface area contributed by atoms with Crippen LogP contribution in [0.5, 0.6) is 0 Å². The minimum Gasteiger partial charge on any atom is -0.481 e. The third kappa shape index (κ3) is 2.38. The first-order valence-corrected chi connectivity index (χ1v) is 6.55. The second-order valence-corrected chi connectivity index (χ2v) is 6.35. The summed E-state index contributed by atoms with van der Waals surface area (Å²) in [5, 5.41) is 16.4. The number of fused-ring (bicyclic) bond motifs is 2. The van der Waals surface area contributed by atoms with Crippen molar-refractivity contribution in [1.29, 1.82) is 0 Å². The Balaban J connectivity index is 0.000000357.